The third-order valence-corrected chi connectivity index (χ3v) is 3.51. The topological polar surface area (TPSA) is 120 Å². The van der Waals surface area contributed by atoms with Crippen LogP contribution in [0.3, 0.4) is 0 Å². The highest BCUT2D eigenvalue weighted by molar-refractivity contribution is 6.37. The predicted octanol–water partition coefficient (Wildman–Crippen LogP) is 2.39. The van der Waals surface area contributed by atoms with Crippen LogP contribution in [0.1, 0.15) is 23.2 Å². The van der Waals surface area contributed by atoms with Gasteiger partial charge in [-0.05, 0) is 12.1 Å². The lowest BCUT2D eigenvalue weighted by Gasteiger charge is -2.20. The van der Waals surface area contributed by atoms with Crippen molar-refractivity contribution >= 4 is 40.8 Å². The Kier molecular flexibility index (Phi) is 7.84. The Bertz CT molecular complexity index is 692. The number of benzene rings is 1. The third-order valence-electron chi connectivity index (χ3n) is 2.98. The van der Waals surface area contributed by atoms with Crippen molar-refractivity contribution in [2.45, 2.75) is 12.8 Å². The van der Waals surface area contributed by atoms with Crippen molar-refractivity contribution in [1.82, 2.24) is 4.90 Å². The molecule has 1 rings (SSSR count). The molecule has 9 heteroatoms. The molecule has 0 aliphatic rings. The molecule has 0 heterocycles. The number of nitrogens with zero attached hydrogens (tertiary/aromatic N) is 3. The second-order valence-corrected chi connectivity index (χ2v) is 5.47. The number of ether oxygens (including phenoxy) is 1. The maximum atomic E-state index is 12.1. The summed E-state index contributed by atoms with van der Waals surface area (Å²) in [6.45, 7) is -0.237. The maximum absolute atomic E-state index is 12.1. The first-order chi connectivity index (χ1) is 11.4. The molecule has 0 aromatic heterocycles. The van der Waals surface area contributed by atoms with Gasteiger partial charge in [-0.25, -0.2) is 4.79 Å². The summed E-state index contributed by atoms with van der Waals surface area (Å²) in [5.74, 6) is -1.36. The Morgan fingerprint density at radius 2 is 1.75 bits per heavy atom. The fourth-order valence-corrected chi connectivity index (χ4v) is 2.27. The number of nitrogens with two attached hydrogens (primary N) is 1. The largest absolute Gasteiger partial charge is 0.452 e. The van der Waals surface area contributed by atoms with Gasteiger partial charge in [-0.15, -0.1) is 0 Å². The molecular formula is C15H14Cl2N4O3. The normalized spacial score (nSPS) is 9.67. The summed E-state index contributed by atoms with van der Waals surface area (Å²) < 4.78 is 4.93. The van der Waals surface area contributed by atoms with E-state index in [0.29, 0.717) is 0 Å². The molecule has 0 aliphatic carbocycles. The van der Waals surface area contributed by atoms with Gasteiger partial charge in [-0.3, -0.25) is 4.79 Å². The molecule has 7 nitrogen and oxygen atoms in total. The van der Waals surface area contributed by atoms with E-state index in [4.69, 9.17) is 44.2 Å². The first-order valence-corrected chi connectivity index (χ1v) is 7.59. The van der Waals surface area contributed by atoms with Crippen molar-refractivity contribution < 1.29 is 14.3 Å². The molecule has 126 valence electrons. The summed E-state index contributed by atoms with van der Waals surface area (Å²) in [5, 5.41) is 17.5. The van der Waals surface area contributed by atoms with E-state index >= 15 is 0 Å². The average Bonchev–Trinajstić information content (AvgIpc) is 2.55. The Labute approximate surface area is 149 Å². The Morgan fingerprint density at radius 1 is 1.17 bits per heavy atom. The lowest BCUT2D eigenvalue weighted by molar-refractivity contribution is -0.134. The molecular weight excluding hydrogens is 355 g/mol. The van der Waals surface area contributed by atoms with Gasteiger partial charge in [0.25, 0.3) is 5.91 Å². The van der Waals surface area contributed by atoms with E-state index in [1.54, 1.807) is 0 Å². The number of halogens is 2. The van der Waals surface area contributed by atoms with Crippen LogP contribution in [0.15, 0.2) is 12.1 Å². The summed E-state index contributed by atoms with van der Waals surface area (Å²) in [7, 11) is 0. The summed E-state index contributed by atoms with van der Waals surface area (Å²) >= 11 is 11.6. The minimum absolute atomic E-state index is 0.00401. The van der Waals surface area contributed by atoms with E-state index in [1.807, 2.05) is 12.1 Å². The van der Waals surface area contributed by atoms with Crippen LogP contribution in [0.2, 0.25) is 10.0 Å². The predicted molar refractivity (Wildman–Crippen MR) is 88.2 cm³/mol. The van der Waals surface area contributed by atoms with Crippen LogP contribution >= 0.6 is 23.2 Å². The van der Waals surface area contributed by atoms with Gasteiger partial charge < -0.3 is 15.4 Å². The zero-order valence-corrected chi connectivity index (χ0v) is 14.1. The molecule has 0 saturated heterocycles. The summed E-state index contributed by atoms with van der Waals surface area (Å²) in [6, 6.07) is 6.49. The number of hydrogen-bond donors (Lipinski definition) is 1. The molecule has 1 aromatic rings. The van der Waals surface area contributed by atoms with E-state index < -0.39 is 18.5 Å². The summed E-state index contributed by atoms with van der Waals surface area (Å²) in [5.41, 5.74) is 5.65. The lowest BCUT2D eigenvalue weighted by Crippen LogP contribution is -2.36. The quantitative estimate of drug-likeness (QED) is 0.582. The fraction of sp³-hybridized carbons (Fsp3) is 0.333. The number of hydrogen-bond acceptors (Lipinski definition) is 6. The van der Waals surface area contributed by atoms with Crippen LogP contribution < -0.4 is 5.73 Å². The molecule has 0 saturated carbocycles. The van der Waals surface area contributed by atoms with E-state index in [0.717, 1.165) is 0 Å². The first kappa shape index (κ1) is 19.6. The van der Waals surface area contributed by atoms with Crippen molar-refractivity contribution in [1.29, 1.82) is 10.5 Å². The second kappa shape index (κ2) is 9.61. The van der Waals surface area contributed by atoms with Crippen LogP contribution in [-0.2, 0) is 9.53 Å². The van der Waals surface area contributed by atoms with E-state index in [1.165, 1.54) is 17.0 Å². The monoisotopic (exact) mass is 368 g/mol. The van der Waals surface area contributed by atoms with Crippen molar-refractivity contribution in [2.75, 3.05) is 25.4 Å². The highest BCUT2D eigenvalue weighted by Gasteiger charge is 2.19. The molecule has 24 heavy (non-hydrogen) atoms. The Hall–Kier alpha value is -2.48. The molecule has 1 amide bonds. The van der Waals surface area contributed by atoms with Gasteiger partial charge in [0.15, 0.2) is 6.61 Å². The van der Waals surface area contributed by atoms with Gasteiger partial charge in [-0.1, -0.05) is 23.2 Å². The molecule has 0 atom stereocenters. The molecule has 2 N–H and O–H groups in total. The van der Waals surface area contributed by atoms with E-state index in [-0.39, 0.29) is 47.2 Å². The number of esters is 1. The number of anilines is 1. The number of nitriles is 2. The number of rotatable bonds is 7. The highest BCUT2D eigenvalue weighted by Crippen LogP contribution is 2.28. The number of nitrogen functional groups attached to an aromatic ring is 1. The van der Waals surface area contributed by atoms with Crippen molar-refractivity contribution in [2.24, 2.45) is 0 Å². The van der Waals surface area contributed by atoms with Gasteiger partial charge in [0.05, 0.1) is 41.3 Å². The summed E-state index contributed by atoms with van der Waals surface area (Å²) in [4.78, 5) is 25.4. The number of amides is 1. The smallest absolute Gasteiger partial charge is 0.340 e. The molecule has 0 spiro atoms. The fourth-order valence-electron chi connectivity index (χ4n) is 1.78. The molecule has 0 aliphatic heterocycles. The van der Waals surface area contributed by atoms with Crippen LogP contribution in [0.25, 0.3) is 0 Å². The van der Waals surface area contributed by atoms with Crippen LogP contribution in [0, 0.1) is 22.7 Å². The highest BCUT2D eigenvalue weighted by atomic mass is 35.5. The minimum Gasteiger partial charge on any atom is -0.452 e. The zero-order chi connectivity index (χ0) is 18.1. The SMILES string of the molecule is N#CCCN(CCC#N)C(=O)COC(=O)c1cc(Cl)cc(Cl)c1N. The van der Waals surface area contributed by atoms with Gasteiger partial charge in [0.1, 0.15) is 0 Å². The van der Waals surface area contributed by atoms with Crippen LogP contribution in [0.4, 0.5) is 5.69 Å². The van der Waals surface area contributed by atoms with Gasteiger partial charge in [-0.2, -0.15) is 10.5 Å². The van der Waals surface area contributed by atoms with Gasteiger partial charge in [0, 0.05) is 18.1 Å². The minimum atomic E-state index is -0.842. The zero-order valence-electron chi connectivity index (χ0n) is 12.6. The van der Waals surface area contributed by atoms with E-state index in [2.05, 4.69) is 0 Å². The third kappa shape index (κ3) is 5.62. The number of carbonyl (C=O) groups excluding carboxylic acids is 2. The molecule has 0 unspecified atom stereocenters. The Balaban J connectivity index is 2.73. The molecule has 1 aromatic carbocycles. The van der Waals surface area contributed by atoms with Crippen LogP contribution in [0.5, 0.6) is 0 Å². The standard InChI is InChI=1S/C15H14Cl2N4O3/c16-10-7-11(14(20)12(17)8-10)15(23)24-9-13(22)21(5-1-3-18)6-2-4-19/h7-8H,1-2,5-6,9,20H2. The van der Waals surface area contributed by atoms with Crippen molar-refractivity contribution in [3.63, 3.8) is 0 Å². The maximum Gasteiger partial charge on any atom is 0.340 e. The van der Waals surface area contributed by atoms with Crippen molar-refractivity contribution in [3.8, 4) is 12.1 Å². The lowest BCUT2D eigenvalue weighted by atomic mass is 10.2. The van der Waals surface area contributed by atoms with Crippen molar-refractivity contribution in [3.05, 3.63) is 27.7 Å². The van der Waals surface area contributed by atoms with Gasteiger partial charge >= 0.3 is 5.97 Å². The summed E-state index contributed by atoms with van der Waals surface area (Å²) in [6.07, 6.45) is 0.226. The van der Waals surface area contributed by atoms with Crippen LogP contribution in [-0.4, -0.2) is 36.5 Å². The van der Waals surface area contributed by atoms with E-state index in [9.17, 15) is 9.59 Å². The second-order valence-electron chi connectivity index (χ2n) is 4.62. The average molecular weight is 369 g/mol. The van der Waals surface area contributed by atoms with Gasteiger partial charge in [0.2, 0.25) is 0 Å². The number of carbonyl (C=O) groups is 2. The molecule has 0 fully saturated rings. The Morgan fingerprint density at radius 3 is 2.29 bits per heavy atom. The molecule has 0 bridgehead atoms. The first-order valence-electron chi connectivity index (χ1n) is 6.84. The molecule has 0 radical (unpaired) electrons.